The summed E-state index contributed by atoms with van der Waals surface area (Å²) in [4.78, 5) is 33.5. The molecule has 1 aromatic heterocycles. The Morgan fingerprint density at radius 2 is 2.19 bits per heavy atom. The number of pyridine rings is 1. The molecule has 0 spiro atoms. The number of amides is 2. The second kappa shape index (κ2) is 8.06. The first-order valence-corrected chi connectivity index (χ1v) is 9.67. The maximum absolute atomic E-state index is 13.0. The van der Waals surface area contributed by atoms with Crippen molar-refractivity contribution in [3.8, 4) is 5.88 Å². The molecule has 0 aliphatic carbocycles. The van der Waals surface area contributed by atoms with Gasteiger partial charge < -0.3 is 14.5 Å². The lowest BCUT2D eigenvalue weighted by Crippen LogP contribution is -2.57. The molecule has 0 saturated carbocycles. The van der Waals surface area contributed by atoms with Crippen molar-refractivity contribution in [3.05, 3.63) is 23.9 Å². The number of carbonyl (C=O) groups is 2. The van der Waals surface area contributed by atoms with Crippen LogP contribution in [-0.4, -0.2) is 58.9 Å². The van der Waals surface area contributed by atoms with Crippen molar-refractivity contribution in [2.45, 2.75) is 46.1 Å². The van der Waals surface area contributed by atoms with Crippen molar-refractivity contribution < 1.29 is 14.3 Å². The van der Waals surface area contributed by atoms with Crippen molar-refractivity contribution in [2.24, 2.45) is 11.8 Å². The average Bonchev–Trinajstić information content (AvgIpc) is 2.63. The van der Waals surface area contributed by atoms with Crippen molar-refractivity contribution in [3.63, 3.8) is 0 Å². The van der Waals surface area contributed by atoms with Gasteiger partial charge in [0.25, 0.3) is 5.91 Å². The first-order valence-electron chi connectivity index (χ1n) is 9.67. The first-order chi connectivity index (χ1) is 12.5. The van der Waals surface area contributed by atoms with Gasteiger partial charge in [-0.1, -0.05) is 13.8 Å². The van der Waals surface area contributed by atoms with E-state index in [1.54, 1.807) is 18.3 Å². The van der Waals surface area contributed by atoms with Gasteiger partial charge in [0, 0.05) is 38.3 Å². The second-order valence-electron chi connectivity index (χ2n) is 7.64. The minimum absolute atomic E-state index is 0.0210. The first kappa shape index (κ1) is 18.7. The molecule has 142 valence electrons. The van der Waals surface area contributed by atoms with E-state index in [0.29, 0.717) is 49.4 Å². The van der Waals surface area contributed by atoms with Gasteiger partial charge in [0.05, 0.1) is 6.61 Å². The van der Waals surface area contributed by atoms with Crippen LogP contribution in [0.15, 0.2) is 18.3 Å². The third-order valence-electron chi connectivity index (χ3n) is 5.28. The lowest BCUT2D eigenvalue weighted by molar-refractivity contribution is -0.141. The number of fused-ring (bicyclic) bond motifs is 1. The highest BCUT2D eigenvalue weighted by atomic mass is 16.5. The monoisotopic (exact) mass is 359 g/mol. The van der Waals surface area contributed by atoms with Gasteiger partial charge in [-0.15, -0.1) is 0 Å². The molecule has 2 aliphatic rings. The summed E-state index contributed by atoms with van der Waals surface area (Å²) < 4.78 is 5.52. The van der Waals surface area contributed by atoms with Crippen LogP contribution in [0.4, 0.5) is 0 Å². The summed E-state index contributed by atoms with van der Waals surface area (Å²) >= 11 is 0. The van der Waals surface area contributed by atoms with Gasteiger partial charge >= 0.3 is 0 Å². The van der Waals surface area contributed by atoms with Gasteiger partial charge in [-0.2, -0.15) is 0 Å². The number of ether oxygens (including phenoxy) is 1. The molecule has 0 bridgehead atoms. The predicted octanol–water partition coefficient (Wildman–Crippen LogP) is 2.59. The van der Waals surface area contributed by atoms with Crippen molar-refractivity contribution >= 4 is 11.8 Å². The van der Waals surface area contributed by atoms with Crippen LogP contribution in [0, 0.1) is 11.8 Å². The molecule has 0 aromatic carbocycles. The molecule has 6 nitrogen and oxygen atoms in total. The molecule has 0 N–H and O–H groups in total. The van der Waals surface area contributed by atoms with E-state index in [9.17, 15) is 9.59 Å². The number of nitrogens with zero attached hydrogens (tertiary/aromatic N) is 3. The summed E-state index contributed by atoms with van der Waals surface area (Å²) in [5.74, 6) is 1.47. The van der Waals surface area contributed by atoms with Gasteiger partial charge in [-0.3, -0.25) is 9.59 Å². The zero-order valence-electron chi connectivity index (χ0n) is 16.0. The molecule has 2 atom stereocenters. The van der Waals surface area contributed by atoms with E-state index < -0.39 is 0 Å². The normalized spacial score (nSPS) is 23.2. The summed E-state index contributed by atoms with van der Waals surface area (Å²) in [6.45, 7) is 8.84. The van der Waals surface area contributed by atoms with E-state index in [-0.39, 0.29) is 17.9 Å². The van der Waals surface area contributed by atoms with E-state index in [1.165, 1.54) is 0 Å². The van der Waals surface area contributed by atoms with Crippen LogP contribution < -0.4 is 4.74 Å². The van der Waals surface area contributed by atoms with Crippen molar-refractivity contribution in [2.75, 3.05) is 26.2 Å². The SMILES string of the molecule is CCOc1ncccc1C(=O)N1CC[C@@H]2[C@@H](CCC(=O)N2CC(C)C)C1. The van der Waals surface area contributed by atoms with Crippen LogP contribution in [0.25, 0.3) is 0 Å². The van der Waals surface area contributed by atoms with Crippen LogP contribution in [0.2, 0.25) is 0 Å². The van der Waals surface area contributed by atoms with Crippen LogP contribution in [-0.2, 0) is 4.79 Å². The summed E-state index contributed by atoms with van der Waals surface area (Å²) in [6, 6.07) is 3.82. The Bertz CT molecular complexity index is 661. The minimum atomic E-state index is -0.0210. The largest absolute Gasteiger partial charge is 0.477 e. The fourth-order valence-corrected chi connectivity index (χ4v) is 4.14. The predicted molar refractivity (Wildman–Crippen MR) is 99.0 cm³/mol. The van der Waals surface area contributed by atoms with Crippen molar-refractivity contribution in [1.82, 2.24) is 14.8 Å². The maximum atomic E-state index is 13.0. The second-order valence-corrected chi connectivity index (χ2v) is 7.64. The minimum Gasteiger partial charge on any atom is -0.477 e. The molecule has 6 heteroatoms. The molecule has 2 saturated heterocycles. The van der Waals surface area contributed by atoms with E-state index >= 15 is 0 Å². The Hall–Kier alpha value is -2.11. The molecular weight excluding hydrogens is 330 g/mol. The fraction of sp³-hybridized carbons (Fsp3) is 0.650. The van der Waals surface area contributed by atoms with E-state index in [4.69, 9.17) is 4.74 Å². The molecule has 3 heterocycles. The summed E-state index contributed by atoms with van der Waals surface area (Å²) in [6.07, 6.45) is 3.95. The molecule has 2 aliphatic heterocycles. The van der Waals surface area contributed by atoms with Crippen LogP contribution in [0.3, 0.4) is 0 Å². The van der Waals surface area contributed by atoms with Gasteiger partial charge in [0.2, 0.25) is 11.8 Å². The Labute approximate surface area is 155 Å². The van der Waals surface area contributed by atoms with Gasteiger partial charge in [0.15, 0.2) is 0 Å². The number of likely N-dealkylation sites (tertiary alicyclic amines) is 2. The number of rotatable bonds is 5. The van der Waals surface area contributed by atoms with Gasteiger partial charge in [-0.25, -0.2) is 4.98 Å². The molecular formula is C20H29N3O3. The third-order valence-corrected chi connectivity index (χ3v) is 5.28. The van der Waals surface area contributed by atoms with Crippen molar-refractivity contribution in [1.29, 1.82) is 0 Å². The number of aromatic nitrogens is 1. The Kier molecular flexibility index (Phi) is 5.79. The standard InChI is InChI=1S/C20H29N3O3/c1-4-26-19-16(6-5-10-21-19)20(25)22-11-9-17-15(13-22)7-8-18(24)23(17)12-14(2)3/h5-6,10,14-15,17H,4,7-9,11-13H2,1-3H3/t15-,17+/m0/s1. The Balaban J connectivity index is 1.72. The van der Waals surface area contributed by atoms with Crippen LogP contribution in [0.1, 0.15) is 50.4 Å². The smallest absolute Gasteiger partial charge is 0.259 e. The van der Waals surface area contributed by atoms with Gasteiger partial charge in [-0.05, 0) is 43.7 Å². The lowest BCUT2D eigenvalue weighted by atomic mass is 9.83. The topological polar surface area (TPSA) is 62.7 Å². The zero-order valence-corrected chi connectivity index (χ0v) is 16.0. The lowest BCUT2D eigenvalue weighted by Gasteiger charge is -2.47. The van der Waals surface area contributed by atoms with E-state index in [0.717, 1.165) is 19.4 Å². The quantitative estimate of drug-likeness (QED) is 0.811. The Morgan fingerprint density at radius 1 is 1.38 bits per heavy atom. The molecule has 0 radical (unpaired) electrons. The number of hydrogen-bond acceptors (Lipinski definition) is 4. The maximum Gasteiger partial charge on any atom is 0.259 e. The summed E-state index contributed by atoms with van der Waals surface area (Å²) in [7, 11) is 0. The number of piperidine rings is 2. The molecule has 1 aromatic rings. The van der Waals surface area contributed by atoms with Crippen LogP contribution >= 0.6 is 0 Å². The highest BCUT2D eigenvalue weighted by Gasteiger charge is 2.40. The summed E-state index contributed by atoms with van der Waals surface area (Å²) in [5.41, 5.74) is 0.527. The molecule has 26 heavy (non-hydrogen) atoms. The Morgan fingerprint density at radius 3 is 2.92 bits per heavy atom. The van der Waals surface area contributed by atoms with Crippen LogP contribution in [0.5, 0.6) is 5.88 Å². The fourth-order valence-electron chi connectivity index (χ4n) is 4.14. The molecule has 2 amide bonds. The van der Waals surface area contributed by atoms with E-state index in [2.05, 4.69) is 23.7 Å². The van der Waals surface area contributed by atoms with Gasteiger partial charge in [0.1, 0.15) is 5.56 Å². The summed E-state index contributed by atoms with van der Waals surface area (Å²) in [5, 5.41) is 0. The zero-order chi connectivity index (χ0) is 18.7. The highest BCUT2D eigenvalue weighted by Crippen LogP contribution is 2.33. The molecule has 2 fully saturated rings. The molecule has 3 rings (SSSR count). The highest BCUT2D eigenvalue weighted by molar-refractivity contribution is 5.96. The number of carbonyl (C=O) groups excluding carboxylic acids is 2. The third kappa shape index (κ3) is 3.84. The average molecular weight is 359 g/mol. The molecule has 0 unspecified atom stereocenters. The van der Waals surface area contributed by atoms with E-state index in [1.807, 2.05) is 11.8 Å². The number of hydrogen-bond donors (Lipinski definition) is 0.